The van der Waals surface area contributed by atoms with Gasteiger partial charge in [0.1, 0.15) is 0 Å². The monoisotopic (exact) mass is 325 g/mol. The van der Waals surface area contributed by atoms with Crippen LogP contribution in [0.4, 0.5) is 0 Å². The molecule has 0 heterocycles. The summed E-state index contributed by atoms with van der Waals surface area (Å²) in [5.41, 5.74) is 2.46. The van der Waals surface area contributed by atoms with Crippen LogP contribution in [0.3, 0.4) is 0 Å². The lowest BCUT2D eigenvalue weighted by molar-refractivity contribution is 0.261. The van der Waals surface area contributed by atoms with Gasteiger partial charge < -0.3 is 0 Å². The Morgan fingerprint density at radius 1 is 0.958 bits per heavy atom. The fourth-order valence-electron chi connectivity index (χ4n) is 4.16. The molecule has 1 fully saturated rings. The Morgan fingerprint density at radius 2 is 1.62 bits per heavy atom. The Labute approximate surface area is 149 Å². The predicted molar refractivity (Wildman–Crippen MR) is 103 cm³/mol. The summed E-state index contributed by atoms with van der Waals surface area (Å²) in [5.74, 6) is 0.854. The van der Waals surface area contributed by atoms with E-state index in [1.54, 1.807) is 0 Å². The van der Waals surface area contributed by atoms with Gasteiger partial charge in [-0.1, -0.05) is 76.6 Å². The minimum Gasteiger partial charge on any atom is -0.197 e. The molecule has 2 rings (SSSR count). The molecule has 0 aliphatic heterocycles. The zero-order valence-electron chi connectivity index (χ0n) is 15.8. The van der Waals surface area contributed by atoms with Crippen LogP contribution >= 0.6 is 0 Å². The second kappa shape index (κ2) is 9.87. The third-order valence-electron chi connectivity index (χ3n) is 5.96. The topological polar surface area (TPSA) is 23.8 Å². The Hall–Kier alpha value is -1.29. The summed E-state index contributed by atoms with van der Waals surface area (Å²) in [4.78, 5) is 0. The number of hydrogen-bond acceptors (Lipinski definition) is 1. The summed E-state index contributed by atoms with van der Waals surface area (Å²) < 4.78 is 0. The van der Waals surface area contributed by atoms with E-state index in [0.29, 0.717) is 0 Å². The molecule has 0 saturated heterocycles. The molecular formula is C23H35N. The highest BCUT2D eigenvalue weighted by Crippen LogP contribution is 2.42. The lowest BCUT2D eigenvalue weighted by atomic mass is 9.66. The molecule has 1 saturated carbocycles. The number of nitrogens with zero attached hydrogens (tertiary/aromatic N) is 1. The molecule has 1 aliphatic carbocycles. The third-order valence-corrected chi connectivity index (χ3v) is 5.96. The molecule has 0 aromatic heterocycles. The molecule has 0 atom stereocenters. The van der Waals surface area contributed by atoms with E-state index in [-0.39, 0.29) is 5.41 Å². The van der Waals surface area contributed by atoms with Crippen LogP contribution in [0.2, 0.25) is 0 Å². The number of rotatable bonds is 9. The average Bonchev–Trinajstić information content (AvgIpc) is 2.64. The van der Waals surface area contributed by atoms with Gasteiger partial charge >= 0.3 is 0 Å². The quantitative estimate of drug-likeness (QED) is 0.450. The first-order valence-electron chi connectivity index (χ1n) is 10.2. The van der Waals surface area contributed by atoms with Crippen LogP contribution in [-0.4, -0.2) is 0 Å². The van der Waals surface area contributed by atoms with Crippen LogP contribution < -0.4 is 0 Å². The molecule has 1 heteroatoms. The first kappa shape index (κ1) is 19.0. The van der Waals surface area contributed by atoms with Gasteiger partial charge in [0.25, 0.3) is 0 Å². The van der Waals surface area contributed by atoms with E-state index < -0.39 is 0 Å². The van der Waals surface area contributed by atoms with Crippen molar-refractivity contribution in [2.24, 2.45) is 5.92 Å². The van der Waals surface area contributed by atoms with Crippen molar-refractivity contribution in [1.29, 1.82) is 5.26 Å². The van der Waals surface area contributed by atoms with Crippen molar-refractivity contribution >= 4 is 0 Å². The van der Waals surface area contributed by atoms with Gasteiger partial charge in [0, 0.05) is 0 Å². The molecule has 24 heavy (non-hydrogen) atoms. The summed E-state index contributed by atoms with van der Waals surface area (Å²) in [6, 6.07) is 11.7. The van der Waals surface area contributed by atoms with Crippen molar-refractivity contribution in [3.8, 4) is 6.07 Å². The van der Waals surface area contributed by atoms with Gasteiger partial charge in [0.2, 0.25) is 0 Å². The summed E-state index contributed by atoms with van der Waals surface area (Å²) >= 11 is 0. The van der Waals surface area contributed by atoms with E-state index in [0.717, 1.165) is 25.2 Å². The zero-order valence-corrected chi connectivity index (χ0v) is 15.8. The van der Waals surface area contributed by atoms with Gasteiger partial charge in [-0.25, -0.2) is 0 Å². The van der Waals surface area contributed by atoms with Crippen molar-refractivity contribution in [2.75, 3.05) is 0 Å². The minimum atomic E-state index is -0.219. The van der Waals surface area contributed by atoms with Crippen LogP contribution in [0.5, 0.6) is 0 Å². The van der Waals surface area contributed by atoms with E-state index in [4.69, 9.17) is 0 Å². The molecular weight excluding hydrogens is 290 g/mol. The lowest BCUT2D eigenvalue weighted by Gasteiger charge is -2.35. The number of benzene rings is 1. The second-order valence-corrected chi connectivity index (χ2v) is 7.79. The smallest absolute Gasteiger partial charge is 0.0822 e. The van der Waals surface area contributed by atoms with E-state index >= 15 is 0 Å². The highest BCUT2D eigenvalue weighted by Gasteiger charge is 2.36. The maximum atomic E-state index is 9.89. The SMILES string of the molecule is CCCCCC[C@H]1CC[C@@](C#N)(c2ccc(CCCC)cc2)CC1. The Balaban J connectivity index is 1.90. The van der Waals surface area contributed by atoms with Crippen LogP contribution in [0.15, 0.2) is 24.3 Å². The number of unbranched alkanes of at least 4 members (excludes halogenated alkanes) is 4. The van der Waals surface area contributed by atoms with Crippen molar-refractivity contribution in [3.63, 3.8) is 0 Å². The van der Waals surface area contributed by atoms with Gasteiger partial charge in [-0.15, -0.1) is 0 Å². The first-order chi connectivity index (χ1) is 11.7. The molecule has 0 bridgehead atoms. The van der Waals surface area contributed by atoms with Crippen molar-refractivity contribution in [1.82, 2.24) is 0 Å². The van der Waals surface area contributed by atoms with Gasteiger partial charge in [-0.2, -0.15) is 5.26 Å². The molecule has 1 aromatic carbocycles. The van der Waals surface area contributed by atoms with Crippen molar-refractivity contribution in [2.45, 2.75) is 96.3 Å². The fourth-order valence-corrected chi connectivity index (χ4v) is 4.16. The molecule has 1 aliphatic rings. The summed E-state index contributed by atoms with van der Waals surface area (Å²) in [6.45, 7) is 4.51. The van der Waals surface area contributed by atoms with Crippen molar-refractivity contribution < 1.29 is 0 Å². The molecule has 0 N–H and O–H groups in total. The van der Waals surface area contributed by atoms with Gasteiger partial charge in [0.05, 0.1) is 11.5 Å². The molecule has 1 aromatic rings. The molecule has 0 radical (unpaired) electrons. The van der Waals surface area contributed by atoms with Crippen LogP contribution in [-0.2, 0) is 11.8 Å². The first-order valence-corrected chi connectivity index (χ1v) is 10.2. The van der Waals surface area contributed by atoms with E-state index in [2.05, 4.69) is 44.2 Å². The summed E-state index contributed by atoms with van der Waals surface area (Å²) in [6.07, 6.45) is 15.1. The largest absolute Gasteiger partial charge is 0.197 e. The van der Waals surface area contributed by atoms with E-state index in [1.807, 2.05) is 0 Å². The maximum absolute atomic E-state index is 9.89. The molecule has 0 spiro atoms. The van der Waals surface area contributed by atoms with Crippen molar-refractivity contribution in [3.05, 3.63) is 35.4 Å². The van der Waals surface area contributed by atoms with Crippen LogP contribution in [0.1, 0.15) is 95.6 Å². The Morgan fingerprint density at radius 3 is 2.21 bits per heavy atom. The Kier molecular flexibility index (Phi) is 7.83. The molecule has 132 valence electrons. The second-order valence-electron chi connectivity index (χ2n) is 7.79. The normalized spacial score (nSPS) is 23.8. The number of aryl methyl sites for hydroxylation is 1. The molecule has 0 unspecified atom stereocenters. The zero-order chi connectivity index (χ0) is 17.3. The Bertz CT molecular complexity index is 500. The van der Waals surface area contributed by atoms with Crippen LogP contribution in [0.25, 0.3) is 0 Å². The fraction of sp³-hybridized carbons (Fsp3) is 0.696. The minimum absolute atomic E-state index is 0.219. The maximum Gasteiger partial charge on any atom is 0.0822 e. The molecule has 0 amide bonds. The van der Waals surface area contributed by atoms with E-state index in [1.165, 1.54) is 68.9 Å². The standard InChI is InChI=1S/C23H35N/c1-3-5-7-8-10-21-15-17-23(19-24,18-16-21)22-13-11-20(12-14-22)9-6-4-2/h11-14,21H,3-10,15-18H2,1-2H3/t21-,23+. The number of hydrogen-bond donors (Lipinski definition) is 0. The van der Waals surface area contributed by atoms with Gasteiger partial charge in [-0.05, 0) is 55.6 Å². The summed E-state index contributed by atoms with van der Waals surface area (Å²) in [5, 5.41) is 9.89. The lowest BCUT2D eigenvalue weighted by Crippen LogP contribution is -2.30. The average molecular weight is 326 g/mol. The highest BCUT2D eigenvalue weighted by molar-refractivity contribution is 5.35. The van der Waals surface area contributed by atoms with Crippen LogP contribution in [0, 0.1) is 17.2 Å². The van der Waals surface area contributed by atoms with E-state index in [9.17, 15) is 5.26 Å². The third kappa shape index (κ3) is 5.10. The molecule has 1 nitrogen and oxygen atoms in total. The van der Waals surface area contributed by atoms with Gasteiger partial charge in [-0.3, -0.25) is 0 Å². The number of nitriles is 1. The predicted octanol–water partition coefficient (Wildman–Crippen LogP) is 6.95. The highest BCUT2D eigenvalue weighted by atomic mass is 14.4. The summed E-state index contributed by atoms with van der Waals surface area (Å²) in [7, 11) is 0. The van der Waals surface area contributed by atoms with Gasteiger partial charge in [0.15, 0.2) is 0 Å².